The average Bonchev–Trinajstić information content (AvgIpc) is 2.94. The molecule has 1 saturated carbocycles. The fraction of sp³-hybridized carbons (Fsp3) is 0.833. The second-order valence-electron chi connectivity index (χ2n) is 5.18. The summed E-state index contributed by atoms with van der Waals surface area (Å²) in [6, 6.07) is -0.465. The standard InChI is InChI=1S/C12H20N2O3/c1-13(7-9-4-5-9)11(15)8-14-6-2-3-10(14)12(16)17/h9-10H,2-8H2,1H3,(H,16,17). The van der Waals surface area contributed by atoms with Gasteiger partial charge in [0.2, 0.25) is 5.91 Å². The van der Waals surface area contributed by atoms with Gasteiger partial charge in [-0.25, -0.2) is 0 Å². The van der Waals surface area contributed by atoms with Gasteiger partial charge in [-0.15, -0.1) is 0 Å². The molecule has 1 N–H and O–H groups in total. The van der Waals surface area contributed by atoms with Crippen molar-refractivity contribution in [1.29, 1.82) is 0 Å². The molecular weight excluding hydrogens is 220 g/mol. The van der Waals surface area contributed by atoms with Crippen LogP contribution in [-0.2, 0) is 9.59 Å². The molecule has 1 aliphatic heterocycles. The molecule has 17 heavy (non-hydrogen) atoms. The molecule has 0 radical (unpaired) electrons. The van der Waals surface area contributed by atoms with Crippen LogP contribution in [0.2, 0.25) is 0 Å². The van der Waals surface area contributed by atoms with Crippen molar-refractivity contribution in [3.63, 3.8) is 0 Å². The molecule has 1 aliphatic carbocycles. The summed E-state index contributed by atoms with van der Waals surface area (Å²) < 4.78 is 0. The quantitative estimate of drug-likeness (QED) is 0.756. The number of carboxylic acid groups (broad SMARTS) is 1. The summed E-state index contributed by atoms with van der Waals surface area (Å²) in [4.78, 5) is 26.4. The predicted molar refractivity (Wildman–Crippen MR) is 62.6 cm³/mol. The van der Waals surface area contributed by atoms with Gasteiger partial charge in [-0.05, 0) is 38.1 Å². The molecule has 1 heterocycles. The lowest BCUT2D eigenvalue weighted by molar-refractivity contribution is -0.143. The van der Waals surface area contributed by atoms with Crippen LogP contribution in [-0.4, -0.2) is 59.5 Å². The third-order valence-electron chi connectivity index (χ3n) is 3.64. The van der Waals surface area contributed by atoms with Crippen molar-refractivity contribution in [2.45, 2.75) is 31.7 Å². The summed E-state index contributed by atoms with van der Waals surface area (Å²) in [5, 5.41) is 9.02. The van der Waals surface area contributed by atoms with Crippen molar-refractivity contribution in [1.82, 2.24) is 9.80 Å². The molecule has 2 aliphatic rings. The minimum absolute atomic E-state index is 0.0463. The van der Waals surface area contributed by atoms with Crippen LogP contribution in [0, 0.1) is 5.92 Å². The fourth-order valence-corrected chi connectivity index (χ4v) is 2.38. The van der Waals surface area contributed by atoms with Crippen LogP contribution in [0.3, 0.4) is 0 Å². The van der Waals surface area contributed by atoms with E-state index in [2.05, 4.69) is 0 Å². The Balaban J connectivity index is 1.82. The van der Waals surface area contributed by atoms with E-state index < -0.39 is 12.0 Å². The minimum Gasteiger partial charge on any atom is -0.480 e. The van der Waals surface area contributed by atoms with E-state index in [1.165, 1.54) is 12.8 Å². The molecule has 2 rings (SSSR count). The number of hydrogen-bond acceptors (Lipinski definition) is 3. The van der Waals surface area contributed by atoms with Gasteiger partial charge >= 0.3 is 5.97 Å². The first-order chi connectivity index (χ1) is 8.08. The van der Waals surface area contributed by atoms with Gasteiger partial charge < -0.3 is 10.0 Å². The van der Waals surface area contributed by atoms with Crippen LogP contribution in [0.1, 0.15) is 25.7 Å². The van der Waals surface area contributed by atoms with Gasteiger partial charge in [-0.1, -0.05) is 0 Å². The Morgan fingerprint density at radius 2 is 2.06 bits per heavy atom. The lowest BCUT2D eigenvalue weighted by Crippen LogP contribution is -2.43. The Bertz CT molecular complexity index is 315. The van der Waals surface area contributed by atoms with Gasteiger partial charge in [0.15, 0.2) is 0 Å². The van der Waals surface area contributed by atoms with Crippen LogP contribution < -0.4 is 0 Å². The lowest BCUT2D eigenvalue weighted by atomic mass is 10.2. The first-order valence-electron chi connectivity index (χ1n) is 6.28. The third kappa shape index (κ3) is 3.19. The molecule has 0 bridgehead atoms. The normalized spacial score (nSPS) is 24.9. The predicted octanol–water partition coefficient (Wildman–Crippen LogP) is 0.404. The molecule has 5 nitrogen and oxygen atoms in total. The summed E-state index contributed by atoms with van der Waals surface area (Å²) in [6.07, 6.45) is 3.98. The molecule has 0 aromatic heterocycles. The number of carbonyl (C=O) groups is 2. The number of aliphatic carboxylic acids is 1. The molecule has 1 amide bonds. The number of hydrogen-bond donors (Lipinski definition) is 1. The van der Waals surface area contributed by atoms with E-state index in [0.29, 0.717) is 12.3 Å². The van der Waals surface area contributed by atoms with Crippen LogP contribution >= 0.6 is 0 Å². The second-order valence-corrected chi connectivity index (χ2v) is 5.18. The summed E-state index contributed by atoms with van der Waals surface area (Å²) >= 11 is 0. The topological polar surface area (TPSA) is 60.9 Å². The number of amides is 1. The molecule has 1 atom stereocenters. The van der Waals surface area contributed by atoms with E-state index in [9.17, 15) is 9.59 Å². The lowest BCUT2D eigenvalue weighted by Gasteiger charge is -2.24. The third-order valence-corrected chi connectivity index (χ3v) is 3.64. The summed E-state index contributed by atoms with van der Waals surface area (Å²) in [5.41, 5.74) is 0. The Hall–Kier alpha value is -1.10. The van der Waals surface area contributed by atoms with Crippen LogP contribution in [0.15, 0.2) is 0 Å². The first kappa shape index (κ1) is 12.4. The Morgan fingerprint density at radius 3 is 2.65 bits per heavy atom. The van der Waals surface area contributed by atoms with E-state index in [-0.39, 0.29) is 12.5 Å². The molecular formula is C12H20N2O3. The van der Waals surface area contributed by atoms with Gasteiger partial charge in [-0.2, -0.15) is 0 Å². The SMILES string of the molecule is CN(CC1CC1)C(=O)CN1CCCC1C(=O)O. The maximum Gasteiger partial charge on any atom is 0.320 e. The van der Waals surface area contributed by atoms with Gasteiger partial charge in [-0.3, -0.25) is 14.5 Å². The summed E-state index contributed by atoms with van der Waals surface area (Å²) in [7, 11) is 1.81. The smallest absolute Gasteiger partial charge is 0.320 e. The first-order valence-corrected chi connectivity index (χ1v) is 6.28. The highest BCUT2D eigenvalue weighted by atomic mass is 16.4. The van der Waals surface area contributed by atoms with E-state index >= 15 is 0 Å². The zero-order chi connectivity index (χ0) is 12.4. The van der Waals surface area contributed by atoms with E-state index in [1.54, 1.807) is 9.80 Å². The molecule has 0 spiro atoms. The summed E-state index contributed by atoms with van der Waals surface area (Å²) in [5.74, 6) is -0.0806. The van der Waals surface area contributed by atoms with Crippen molar-refractivity contribution in [3.05, 3.63) is 0 Å². The number of nitrogens with zero attached hydrogens (tertiary/aromatic N) is 2. The van der Waals surface area contributed by atoms with Crippen molar-refractivity contribution >= 4 is 11.9 Å². The van der Waals surface area contributed by atoms with Gasteiger partial charge in [0.25, 0.3) is 0 Å². The zero-order valence-corrected chi connectivity index (χ0v) is 10.3. The number of likely N-dealkylation sites (tertiary alicyclic amines) is 1. The largest absolute Gasteiger partial charge is 0.480 e. The van der Waals surface area contributed by atoms with E-state index in [1.807, 2.05) is 7.05 Å². The van der Waals surface area contributed by atoms with Crippen LogP contribution in [0.25, 0.3) is 0 Å². The van der Waals surface area contributed by atoms with Crippen molar-refractivity contribution in [2.75, 3.05) is 26.7 Å². The number of likely N-dealkylation sites (N-methyl/N-ethyl adjacent to an activating group) is 1. The van der Waals surface area contributed by atoms with Crippen LogP contribution in [0.4, 0.5) is 0 Å². The van der Waals surface area contributed by atoms with Gasteiger partial charge in [0, 0.05) is 13.6 Å². The van der Waals surface area contributed by atoms with E-state index in [0.717, 1.165) is 19.5 Å². The highest BCUT2D eigenvalue weighted by Crippen LogP contribution is 2.29. The highest BCUT2D eigenvalue weighted by Gasteiger charge is 2.33. The number of rotatable bonds is 5. The Labute approximate surface area is 101 Å². The minimum atomic E-state index is -0.805. The van der Waals surface area contributed by atoms with Crippen molar-refractivity contribution in [3.8, 4) is 0 Å². The fourth-order valence-electron chi connectivity index (χ4n) is 2.38. The molecule has 0 aromatic carbocycles. The highest BCUT2D eigenvalue weighted by molar-refractivity contribution is 5.80. The molecule has 2 fully saturated rings. The maximum atomic E-state index is 11.9. The monoisotopic (exact) mass is 240 g/mol. The second kappa shape index (κ2) is 5.04. The molecule has 0 aromatic rings. The summed E-state index contributed by atoms with van der Waals surface area (Å²) in [6.45, 7) is 1.80. The molecule has 96 valence electrons. The Kier molecular flexibility index (Phi) is 3.66. The number of carbonyl (C=O) groups excluding carboxylic acids is 1. The average molecular weight is 240 g/mol. The van der Waals surface area contributed by atoms with Crippen molar-refractivity contribution < 1.29 is 14.7 Å². The van der Waals surface area contributed by atoms with Gasteiger partial charge in [0.05, 0.1) is 6.54 Å². The van der Waals surface area contributed by atoms with E-state index in [4.69, 9.17) is 5.11 Å². The maximum absolute atomic E-state index is 11.9. The zero-order valence-electron chi connectivity index (χ0n) is 10.3. The molecule has 1 saturated heterocycles. The van der Waals surface area contributed by atoms with Gasteiger partial charge in [0.1, 0.15) is 6.04 Å². The van der Waals surface area contributed by atoms with Crippen molar-refractivity contribution in [2.24, 2.45) is 5.92 Å². The number of carboxylic acids is 1. The molecule has 5 heteroatoms. The Morgan fingerprint density at radius 1 is 1.35 bits per heavy atom. The van der Waals surface area contributed by atoms with Crippen LogP contribution in [0.5, 0.6) is 0 Å². The molecule has 1 unspecified atom stereocenters.